The first-order valence-electron chi connectivity index (χ1n) is 5.97. The Morgan fingerprint density at radius 2 is 2.12 bits per heavy atom. The Morgan fingerprint density at radius 1 is 1.41 bits per heavy atom. The molecule has 5 heteroatoms. The van der Waals surface area contributed by atoms with Gasteiger partial charge in [-0.05, 0) is 26.0 Å². The van der Waals surface area contributed by atoms with E-state index < -0.39 is 0 Å². The predicted octanol–water partition coefficient (Wildman–Crippen LogP) is 0.976. The lowest BCUT2D eigenvalue weighted by atomic mass is 10.2. The van der Waals surface area contributed by atoms with E-state index in [4.69, 9.17) is 10.6 Å². The lowest BCUT2D eigenvalue weighted by Crippen LogP contribution is -2.44. The number of morpholine rings is 1. The number of nitrogens with one attached hydrogen (secondary N) is 1. The normalized spacial score (nSPS) is 25.8. The molecule has 94 valence electrons. The molecule has 0 amide bonds. The van der Waals surface area contributed by atoms with Crippen LogP contribution < -0.4 is 11.3 Å². The molecule has 0 aliphatic carbocycles. The van der Waals surface area contributed by atoms with Crippen LogP contribution in [0, 0.1) is 0 Å². The smallest absolute Gasteiger partial charge is 0.140 e. The monoisotopic (exact) mass is 236 g/mol. The standard InChI is InChI=1S/C12H20N4O/c1-9-6-16(7-10(2)17-9)8-11-4-3-5-12(14-11)15-13/h3-5,9-10H,6-8,13H2,1-2H3,(H,14,15). The van der Waals surface area contributed by atoms with Gasteiger partial charge in [0.1, 0.15) is 5.82 Å². The van der Waals surface area contributed by atoms with Gasteiger partial charge in [0, 0.05) is 19.6 Å². The third-order valence-corrected chi connectivity index (χ3v) is 2.84. The minimum Gasteiger partial charge on any atom is -0.373 e. The van der Waals surface area contributed by atoms with Crippen molar-refractivity contribution in [3.05, 3.63) is 23.9 Å². The molecular weight excluding hydrogens is 216 g/mol. The maximum absolute atomic E-state index is 5.70. The number of hydrazine groups is 1. The SMILES string of the molecule is CC1CN(Cc2cccc(NN)n2)CC(C)O1. The third-order valence-electron chi connectivity index (χ3n) is 2.84. The van der Waals surface area contributed by atoms with Crippen LogP contribution in [0.2, 0.25) is 0 Å². The van der Waals surface area contributed by atoms with Gasteiger partial charge in [-0.1, -0.05) is 6.07 Å². The maximum atomic E-state index is 5.70. The number of nitrogens with zero attached hydrogens (tertiary/aromatic N) is 2. The topological polar surface area (TPSA) is 63.4 Å². The summed E-state index contributed by atoms with van der Waals surface area (Å²) in [7, 11) is 0. The summed E-state index contributed by atoms with van der Waals surface area (Å²) in [5.74, 6) is 6.06. The molecule has 0 radical (unpaired) electrons. The number of hydrogen-bond donors (Lipinski definition) is 2. The number of anilines is 1. The average Bonchev–Trinajstić information content (AvgIpc) is 2.28. The molecule has 1 aromatic heterocycles. The Bertz CT molecular complexity index is 361. The molecule has 1 aliphatic heterocycles. The molecule has 0 spiro atoms. The van der Waals surface area contributed by atoms with E-state index in [0.29, 0.717) is 5.82 Å². The van der Waals surface area contributed by atoms with Crippen LogP contribution >= 0.6 is 0 Å². The summed E-state index contributed by atoms with van der Waals surface area (Å²) in [4.78, 5) is 6.78. The highest BCUT2D eigenvalue weighted by Crippen LogP contribution is 2.14. The molecule has 2 unspecified atom stereocenters. The van der Waals surface area contributed by atoms with Gasteiger partial charge in [-0.3, -0.25) is 4.90 Å². The largest absolute Gasteiger partial charge is 0.373 e. The Kier molecular flexibility index (Phi) is 3.93. The summed E-state index contributed by atoms with van der Waals surface area (Å²) in [6.45, 7) is 6.95. The molecule has 1 aromatic rings. The van der Waals surface area contributed by atoms with Crippen LogP contribution in [0.4, 0.5) is 5.82 Å². The van der Waals surface area contributed by atoms with Gasteiger partial charge >= 0.3 is 0 Å². The molecule has 17 heavy (non-hydrogen) atoms. The van der Waals surface area contributed by atoms with Gasteiger partial charge in [0.15, 0.2) is 0 Å². The quantitative estimate of drug-likeness (QED) is 0.605. The van der Waals surface area contributed by atoms with E-state index in [1.807, 2.05) is 18.2 Å². The average molecular weight is 236 g/mol. The van der Waals surface area contributed by atoms with E-state index in [0.717, 1.165) is 25.3 Å². The molecule has 2 heterocycles. The van der Waals surface area contributed by atoms with E-state index in [-0.39, 0.29) is 12.2 Å². The zero-order chi connectivity index (χ0) is 12.3. The highest BCUT2D eigenvalue weighted by Gasteiger charge is 2.22. The van der Waals surface area contributed by atoms with Crippen LogP contribution in [-0.2, 0) is 11.3 Å². The molecule has 0 bridgehead atoms. The van der Waals surface area contributed by atoms with Gasteiger partial charge in [0.2, 0.25) is 0 Å². The summed E-state index contributed by atoms with van der Waals surface area (Å²) < 4.78 is 5.70. The second-order valence-corrected chi connectivity index (χ2v) is 4.61. The Labute approximate surface area is 102 Å². The van der Waals surface area contributed by atoms with Crippen molar-refractivity contribution in [1.29, 1.82) is 0 Å². The first-order chi connectivity index (χ1) is 8.17. The Morgan fingerprint density at radius 3 is 2.76 bits per heavy atom. The van der Waals surface area contributed by atoms with Crippen LogP contribution in [0.15, 0.2) is 18.2 Å². The molecule has 0 saturated carbocycles. The minimum atomic E-state index is 0.287. The molecule has 1 aliphatic rings. The van der Waals surface area contributed by atoms with Crippen molar-refractivity contribution < 1.29 is 4.74 Å². The van der Waals surface area contributed by atoms with Crippen molar-refractivity contribution in [1.82, 2.24) is 9.88 Å². The van der Waals surface area contributed by atoms with E-state index in [1.54, 1.807) is 0 Å². The van der Waals surface area contributed by atoms with Crippen molar-refractivity contribution in [2.45, 2.75) is 32.6 Å². The first-order valence-corrected chi connectivity index (χ1v) is 5.97. The number of ether oxygens (including phenoxy) is 1. The van der Waals surface area contributed by atoms with Crippen molar-refractivity contribution in [3.8, 4) is 0 Å². The Hall–Kier alpha value is -1.17. The molecular formula is C12H20N4O. The molecule has 3 N–H and O–H groups in total. The highest BCUT2D eigenvalue weighted by molar-refractivity contribution is 5.33. The van der Waals surface area contributed by atoms with E-state index in [2.05, 4.69) is 29.2 Å². The minimum absolute atomic E-state index is 0.287. The van der Waals surface area contributed by atoms with Crippen LogP contribution in [0.1, 0.15) is 19.5 Å². The molecule has 1 fully saturated rings. The predicted molar refractivity (Wildman–Crippen MR) is 67.3 cm³/mol. The summed E-state index contributed by atoms with van der Waals surface area (Å²) in [5.41, 5.74) is 3.60. The van der Waals surface area contributed by atoms with Crippen LogP contribution in [-0.4, -0.2) is 35.2 Å². The summed E-state index contributed by atoms with van der Waals surface area (Å²) in [5, 5.41) is 0. The second-order valence-electron chi connectivity index (χ2n) is 4.61. The molecule has 5 nitrogen and oxygen atoms in total. The number of nitrogens with two attached hydrogens (primary N) is 1. The number of pyridine rings is 1. The molecule has 1 saturated heterocycles. The fraction of sp³-hybridized carbons (Fsp3) is 0.583. The fourth-order valence-electron chi connectivity index (χ4n) is 2.29. The lowest BCUT2D eigenvalue weighted by Gasteiger charge is -2.35. The highest BCUT2D eigenvalue weighted by atomic mass is 16.5. The van der Waals surface area contributed by atoms with Crippen molar-refractivity contribution >= 4 is 5.82 Å². The van der Waals surface area contributed by atoms with Crippen molar-refractivity contribution in [2.75, 3.05) is 18.5 Å². The third kappa shape index (κ3) is 3.39. The van der Waals surface area contributed by atoms with E-state index in [1.165, 1.54) is 0 Å². The van der Waals surface area contributed by atoms with Gasteiger partial charge in [0.05, 0.1) is 17.9 Å². The summed E-state index contributed by atoms with van der Waals surface area (Å²) in [6.07, 6.45) is 0.573. The van der Waals surface area contributed by atoms with Gasteiger partial charge < -0.3 is 10.2 Å². The Balaban J connectivity index is 1.99. The molecule has 2 atom stereocenters. The van der Waals surface area contributed by atoms with Crippen LogP contribution in [0.25, 0.3) is 0 Å². The van der Waals surface area contributed by atoms with Crippen molar-refractivity contribution in [2.24, 2.45) is 5.84 Å². The molecule has 2 rings (SSSR count). The van der Waals surface area contributed by atoms with Gasteiger partial charge in [0.25, 0.3) is 0 Å². The van der Waals surface area contributed by atoms with E-state index >= 15 is 0 Å². The van der Waals surface area contributed by atoms with Gasteiger partial charge in [-0.15, -0.1) is 0 Å². The van der Waals surface area contributed by atoms with Gasteiger partial charge in [-0.2, -0.15) is 0 Å². The number of hydrogen-bond acceptors (Lipinski definition) is 5. The number of nitrogen functional groups attached to an aromatic ring is 1. The zero-order valence-corrected chi connectivity index (χ0v) is 10.4. The van der Waals surface area contributed by atoms with E-state index in [9.17, 15) is 0 Å². The first kappa shape index (κ1) is 12.3. The molecule has 0 aromatic carbocycles. The summed E-state index contributed by atoms with van der Waals surface area (Å²) in [6, 6.07) is 5.84. The summed E-state index contributed by atoms with van der Waals surface area (Å²) >= 11 is 0. The lowest BCUT2D eigenvalue weighted by molar-refractivity contribution is -0.0707. The fourth-order valence-corrected chi connectivity index (χ4v) is 2.29. The maximum Gasteiger partial charge on any atom is 0.140 e. The van der Waals surface area contributed by atoms with Gasteiger partial charge in [-0.25, -0.2) is 10.8 Å². The number of rotatable bonds is 3. The zero-order valence-electron chi connectivity index (χ0n) is 10.4. The van der Waals surface area contributed by atoms with Crippen LogP contribution in [0.3, 0.4) is 0 Å². The van der Waals surface area contributed by atoms with Crippen LogP contribution in [0.5, 0.6) is 0 Å². The second kappa shape index (κ2) is 5.44. The van der Waals surface area contributed by atoms with Crippen molar-refractivity contribution in [3.63, 3.8) is 0 Å². The number of aromatic nitrogens is 1.